The number of rotatable bonds is 5. The number of nitrogens with one attached hydrogen (secondary N) is 3. The minimum atomic E-state index is -0.357. The van der Waals surface area contributed by atoms with E-state index in [9.17, 15) is 4.79 Å². The molecule has 1 fully saturated rings. The van der Waals surface area contributed by atoms with Crippen molar-refractivity contribution < 1.29 is 9.21 Å². The molecule has 4 aromatic heterocycles. The van der Waals surface area contributed by atoms with Crippen molar-refractivity contribution in [1.82, 2.24) is 20.3 Å². The molecule has 146 valence electrons. The highest BCUT2D eigenvalue weighted by atomic mass is 32.1. The van der Waals surface area contributed by atoms with E-state index in [1.54, 1.807) is 35.7 Å². The lowest BCUT2D eigenvalue weighted by Gasteiger charge is -2.14. The van der Waals surface area contributed by atoms with Gasteiger partial charge < -0.3 is 20.4 Å². The van der Waals surface area contributed by atoms with E-state index < -0.39 is 0 Å². The maximum absolute atomic E-state index is 12.2. The molecule has 1 aliphatic rings. The summed E-state index contributed by atoms with van der Waals surface area (Å²) in [4.78, 5) is 25.9. The van der Waals surface area contributed by atoms with E-state index in [-0.39, 0.29) is 11.7 Å². The molecule has 0 radical (unpaired) electrons. The van der Waals surface area contributed by atoms with Crippen LogP contribution in [0.1, 0.15) is 17.0 Å². The van der Waals surface area contributed by atoms with Crippen LogP contribution in [0.2, 0.25) is 0 Å². The number of carbonyl (C=O) groups is 1. The fraction of sp³-hybridized carbons (Fsp3) is 0.200. The van der Waals surface area contributed by atoms with Gasteiger partial charge in [0.1, 0.15) is 11.6 Å². The Kier molecular flexibility index (Phi) is 4.66. The van der Waals surface area contributed by atoms with E-state index in [1.807, 2.05) is 17.5 Å². The van der Waals surface area contributed by atoms with Crippen molar-refractivity contribution in [2.24, 2.45) is 0 Å². The smallest absolute Gasteiger partial charge is 0.292 e. The van der Waals surface area contributed by atoms with Gasteiger partial charge in [-0.3, -0.25) is 4.79 Å². The second kappa shape index (κ2) is 7.61. The normalized spacial score (nSPS) is 16.2. The van der Waals surface area contributed by atoms with E-state index in [4.69, 9.17) is 14.4 Å². The third-order valence-electron chi connectivity index (χ3n) is 4.71. The number of anilines is 2. The van der Waals surface area contributed by atoms with Crippen LogP contribution < -0.4 is 16.0 Å². The molecule has 3 N–H and O–H groups in total. The average Bonchev–Trinajstić information content (AvgIpc) is 3.50. The Labute approximate surface area is 170 Å². The lowest BCUT2D eigenvalue weighted by atomic mass is 10.2. The first-order chi connectivity index (χ1) is 14.3. The zero-order valence-electron chi connectivity index (χ0n) is 15.4. The van der Waals surface area contributed by atoms with E-state index in [2.05, 4.69) is 20.9 Å². The molecule has 8 nitrogen and oxygen atoms in total. The van der Waals surface area contributed by atoms with Crippen molar-refractivity contribution in [2.45, 2.75) is 12.5 Å². The molecule has 0 aromatic carbocycles. The van der Waals surface area contributed by atoms with Gasteiger partial charge >= 0.3 is 0 Å². The minimum Gasteiger partial charge on any atom is -0.459 e. The summed E-state index contributed by atoms with van der Waals surface area (Å²) in [5.74, 6) is 1.70. The number of carbonyl (C=O) groups excluding carboxylic acids is 1. The summed E-state index contributed by atoms with van der Waals surface area (Å²) in [5.41, 5.74) is 1.67. The summed E-state index contributed by atoms with van der Waals surface area (Å²) in [6, 6.07) is 9.19. The van der Waals surface area contributed by atoms with Gasteiger partial charge in [-0.2, -0.15) is 0 Å². The summed E-state index contributed by atoms with van der Waals surface area (Å²) in [6.07, 6.45) is 4.14. The lowest BCUT2D eigenvalue weighted by molar-refractivity contribution is 0.0996. The number of pyridine rings is 1. The van der Waals surface area contributed by atoms with Crippen molar-refractivity contribution in [1.29, 1.82) is 0 Å². The number of hydrogen-bond donors (Lipinski definition) is 3. The monoisotopic (exact) mass is 406 g/mol. The topological polar surface area (TPSA) is 105 Å². The number of fused-ring (bicyclic) bond motifs is 1. The average molecular weight is 406 g/mol. The van der Waals surface area contributed by atoms with Crippen LogP contribution >= 0.6 is 11.3 Å². The van der Waals surface area contributed by atoms with Gasteiger partial charge in [-0.25, -0.2) is 15.0 Å². The highest BCUT2D eigenvalue weighted by Gasteiger charge is 2.18. The lowest BCUT2D eigenvalue weighted by Crippen LogP contribution is -2.22. The second-order valence-electron chi connectivity index (χ2n) is 6.73. The molecule has 0 saturated carbocycles. The van der Waals surface area contributed by atoms with Gasteiger partial charge in [-0.15, -0.1) is 11.3 Å². The summed E-state index contributed by atoms with van der Waals surface area (Å²) >= 11 is 1.62. The Hall–Kier alpha value is -3.30. The van der Waals surface area contributed by atoms with E-state index in [0.29, 0.717) is 17.7 Å². The van der Waals surface area contributed by atoms with Crippen molar-refractivity contribution in [3.05, 3.63) is 53.9 Å². The Morgan fingerprint density at radius 3 is 3.07 bits per heavy atom. The summed E-state index contributed by atoms with van der Waals surface area (Å²) in [7, 11) is 0. The largest absolute Gasteiger partial charge is 0.459 e. The Bertz CT molecular complexity index is 1150. The molecule has 1 saturated heterocycles. The number of aromatic nitrogens is 3. The van der Waals surface area contributed by atoms with Gasteiger partial charge in [-0.1, -0.05) is 0 Å². The minimum absolute atomic E-state index is 0.227. The van der Waals surface area contributed by atoms with E-state index in [0.717, 1.165) is 41.1 Å². The summed E-state index contributed by atoms with van der Waals surface area (Å²) < 4.78 is 6.17. The predicted octanol–water partition coefficient (Wildman–Crippen LogP) is 3.37. The van der Waals surface area contributed by atoms with Crippen molar-refractivity contribution in [3.8, 4) is 11.4 Å². The van der Waals surface area contributed by atoms with Crippen molar-refractivity contribution >= 4 is 39.1 Å². The fourth-order valence-corrected chi connectivity index (χ4v) is 4.07. The van der Waals surface area contributed by atoms with Gasteiger partial charge in [0.2, 0.25) is 0 Å². The van der Waals surface area contributed by atoms with E-state index in [1.165, 1.54) is 6.26 Å². The third kappa shape index (κ3) is 3.69. The molecule has 29 heavy (non-hydrogen) atoms. The van der Waals surface area contributed by atoms with Gasteiger partial charge in [0, 0.05) is 24.3 Å². The van der Waals surface area contributed by atoms with Crippen LogP contribution in [0.3, 0.4) is 0 Å². The molecule has 0 unspecified atom stereocenters. The van der Waals surface area contributed by atoms with Crippen LogP contribution in [0.5, 0.6) is 0 Å². The number of amides is 1. The van der Waals surface area contributed by atoms with Crippen LogP contribution in [0, 0.1) is 0 Å². The van der Waals surface area contributed by atoms with Crippen molar-refractivity contribution in [3.63, 3.8) is 0 Å². The Balaban J connectivity index is 1.46. The molecule has 0 aliphatic carbocycles. The van der Waals surface area contributed by atoms with E-state index >= 15 is 0 Å². The zero-order chi connectivity index (χ0) is 19.6. The SMILES string of the molecule is O=C(Nc1cc(-c2nc(N[C@@H]3CCNC3)c3sccc3n2)ccn1)c1ccco1. The number of thiophene rings is 1. The van der Waals surface area contributed by atoms with Crippen LogP contribution in [0.4, 0.5) is 11.6 Å². The number of hydrogen-bond acceptors (Lipinski definition) is 8. The Morgan fingerprint density at radius 2 is 2.24 bits per heavy atom. The fourth-order valence-electron chi connectivity index (χ4n) is 3.29. The molecular weight excluding hydrogens is 388 g/mol. The second-order valence-corrected chi connectivity index (χ2v) is 7.64. The molecule has 0 spiro atoms. The van der Waals surface area contributed by atoms with Crippen molar-refractivity contribution in [2.75, 3.05) is 23.7 Å². The van der Waals surface area contributed by atoms with Gasteiger partial charge in [0.15, 0.2) is 11.6 Å². The molecule has 5 heterocycles. The van der Waals surface area contributed by atoms with Gasteiger partial charge in [-0.05, 0) is 48.7 Å². The Morgan fingerprint density at radius 1 is 1.28 bits per heavy atom. The summed E-state index contributed by atoms with van der Waals surface area (Å²) in [5, 5.41) is 11.7. The molecule has 0 bridgehead atoms. The molecule has 5 rings (SSSR count). The predicted molar refractivity (Wildman–Crippen MR) is 112 cm³/mol. The first kappa shape index (κ1) is 17.8. The number of furan rings is 1. The summed E-state index contributed by atoms with van der Waals surface area (Å²) in [6.45, 7) is 1.93. The molecule has 4 aromatic rings. The first-order valence-electron chi connectivity index (χ1n) is 9.30. The first-order valence-corrected chi connectivity index (χ1v) is 10.2. The molecule has 1 amide bonds. The standard InChI is InChI=1S/C20H18N6O2S/c27-20(15-2-1-8-28-15)25-16-10-12(3-7-22-16)18-24-14-5-9-29-17(14)19(26-18)23-13-4-6-21-11-13/h1-3,5,7-10,13,21H,4,6,11H2,(H,22,25,27)(H,23,24,26)/t13-/m1/s1. The molecule has 9 heteroatoms. The van der Waals surface area contributed by atoms with Crippen LogP contribution in [-0.4, -0.2) is 40.0 Å². The van der Waals surface area contributed by atoms with Crippen LogP contribution in [0.25, 0.3) is 21.6 Å². The quantitative estimate of drug-likeness (QED) is 0.467. The number of nitrogens with zero attached hydrogens (tertiary/aromatic N) is 3. The van der Waals surface area contributed by atoms with Crippen LogP contribution in [-0.2, 0) is 0 Å². The van der Waals surface area contributed by atoms with Crippen LogP contribution in [0.15, 0.2) is 52.6 Å². The molecular formula is C20H18N6O2S. The van der Waals surface area contributed by atoms with Gasteiger partial charge in [0.05, 0.1) is 16.5 Å². The molecule has 1 aliphatic heterocycles. The highest BCUT2D eigenvalue weighted by Crippen LogP contribution is 2.30. The maximum Gasteiger partial charge on any atom is 0.292 e. The highest BCUT2D eigenvalue weighted by molar-refractivity contribution is 7.17. The third-order valence-corrected chi connectivity index (χ3v) is 5.62. The van der Waals surface area contributed by atoms with Gasteiger partial charge in [0.25, 0.3) is 5.91 Å². The zero-order valence-corrected chi connectivity index (χ0v) is 16.2. The molecule has 1 atom stereocenters. The maximum atomic E-state index is 12.2.